The van der Waals surface area contributed by atoms with Crippen LogP contribution < -0.4 is 0 Å². The van der Waals surface area contributed by atoms with Crippen molar-refractivity contribution in [3.8, 4) is 0 Å². The largest absolute Gasteiger partial charge is 0.390 e. The van der Waals surface area contributed by atoms with E-state index in [1.807, 2.05) is 0 Å². The zero-order valence-corrected chi connectivity index (χ0v) is 11.3. The quantitative estimate of drug-likeness (QED) is 0.383. The van der Waals surface area contributed by atoms with Gasteiger partial charge in [0.2, 0.25) is 0 Å². The van der Waals surface area contributed by atoms with E-state index in [1.54, 1.807) is 30.3 Å². The molecule has 0 bridgehead atoms. The summed E-state index contributed by atoms with van der Waals surface area (Å²) in [5, 5.41) is 24.5. The molecule has 2 aromatic rings. The SMILES string of the molecule is [N-]=[N+]=NCCC(O)C(O)c1ccc2nc(Cl)ccc2c1. The van der Waals surface area contributed by atoms with Crippen molar-refractivity contribution >= 4 is 22.5 Å². The smallest absolute Gasteiger partial charge is 0.129 e. The van der Waals surface area contributed by atoms with E-state index in [2.05, 4.69) is 15.0 Å². The number of hydrogen-bond donors (Lipinski definition) is 2. The molecule has 2 atom stereocenters. The Morgan fingerprint density at radius 3 is 2.85 bits per heavy atom. The highest BCUT2D eigenvalue weighted by Gasteiger charge is 2.18. The van der Waals surface area contributed by atoms with Crippen LogP contribution in [0.1, 0.15) is 18.1 Å². The molecule has 0 spiro atoms. The number of nitrogens with zero attached hydrogens (tertiary/aromatic N) is 4. The van der Waals surface area contributed by atoms with Gasteiger partial charge in [-0.25, -0.2) is 4.98 Å². The Bertz CT molecular complexity index is 658. The maximum Gasteiger partial charge on any atom is 0.129 e. The van der Waals surface area contributed by atoms with Crippen LogP contribution in [0.25, 0.3) is 21.3 Å². The van der Waals surface area contributed by atoms with Gasteiger partial charge in [-0.15, -0.1) is 0 Å². The van der Waals surface area contributed by atoms with E-state index in [1.165, 1.54) is 0 Å². The third-order valence-electron chi connectivity index (χ3n) is 2.97. The number of rotatable bonds is 5. The summed E-state index contributed by atoms with van der Waals surface area (Å²) in [6.45, 7) is 0.138. The lowest BCUT2D eigenvalue weighted by atomic mass is 10.0. The molecule has 0 fully saturated rings. The van der Waals surface area contributed by atoms with Gasteiger partial charge in [-0.05, 0) is 41.8 Å². The maximum atomic E-state index is 10.1. The molecule has 0 amide bonds. The molecule has 0 aliphatic carbocycles. The lowest BCUT2D eigenvalue weighted by Gasteiger charge is -2.17. The highest BCUT2D eigenvalue weighted by molar-refractivity contribution is 6.29. The van der Waals surface area contributed by atoms with E-state index in [-0.39, 0.29) is 13.0 Å². The van der Waals surface area contributed by atoms with E-state index >= 15 is 0 Å². The number of aliphatic hydroxyl groups excluding tert-OH is 2. The Balaban J connectivity index is 2.19. The first-order chi connectivity index (χ1) is 9.61. The molecule has 104 valence electrons. The highest BCUT2D eigenvalue weighted by Crippen LogP contribution is 2.24. The second-order valence-electron chi connectivity index (χ2n) is 4.34. The first-order valence-electron chi connectivity index (χ1n) is 6.05. The van der Waals surface area contributed by atoms with E-state index in [0.717, 1.165) is 10.9 Å². The topological polar surface area (TPSA) is 102 Å². The molecule has 1 heterocycles. The second-order valence-corrected chi connectivity index (χ2v) is 4.73. The first-order valence-corrected chi connectivity index (χ1v) is 6.43. The number of aromatic nitrogens is 1. The van der Waals surface area contributed by atoms with Crippen molar-refractivity contribution in [1.29, 1.82) is 0 Å². The molecule has 0 aliphatic rings. The van der Waals surface area contributed by atoms with E-state index in [4.69, 9.17) is 17.1 Å². The third-order valence-corrected chi connectivity index (χ3v) is 3.18. The summed E-state index contributed by atoms with van der Waals surface area (Å²) in [6, 6.07) is 8.64. The number of halogens is 1. The monoisotopic (exact) mass is 292 g/mol. The van der Waals surface area contributed by atoms with Crippen molar-refractivity contribution in [2.24, 2.45) is 5.11 Å². The minimum Gasteiger partial charge on any atom is -0.390 e. The van der Waals surface area contributed by atoms with Crippen LogP contribution in [0.2, 0.25) is 5.15 Å². The van der Waals surface area contributed by atoms with Gasteiger partial charge in [0.25, 0.3) is 0 Å². The van der Waals surface area contributed by atoms with Gasteiger partial charge in [0.15, 0.2) is 0 Å². The maximum absolute atomic E-state index is 10.1. The van der Waals surface area contributed by atoms with Crippen molar-refractivity contribution in [3.63, 3.8) is 0 Å². The molecule has 2 unspecified atom stereocenters. The summed E-state index contributed by atoms with van der Waals surface area (Å²) in [6.07, 6.45) is -1.83. The van der Waals surface area contributed by atoms with Crippen LogP contribution in [-0.2, 0) is 0 Å². The number of hydrogen-bond acceptors (Lipinski definition) is 4. The van der Waals surface area contributed by atoms with Crippen LogP contribution in [0.15, 0.2) is 35.4 Å². The predicted octanol–water partition coefficient (Wildman–Crippen LogP) is 2.98. The molecule has 1 aromatic carbocycles. The van der Waals surface area contributed by atoms with Gasteiger partial charge in [0.1, 0.15) is 11.3 Å². The number of aliphatic hydroxyl groups is 2. The fourth-order valence-electron chi connectivity index (χ4n) is 1.92. The zero-order valence-electron chi connectivity index (χ0n) is 10.5. The van der Waals surface area contributed by atoms with Crippen LogP contribution in [-0.4, -0.2) is 27.8 Å². The Hall–Kier alpha value is -1.85. The number of azide groups is 1. The number of benzene rings is 1. The summed E-state index contributed by atoms with van der Waals surface area (Å²) >= 11 is 5.80. The summed E-state index contributed by atoms with van der Waals surface area (Å²) in [4.78, 5) is 6.75. The Morgan fingerprint density at radius 2 is 2.10 bits per heavy atom. The number of fused-ring (bicyclic) bond motifs is 1. The fourth-order valence-corrected chi connectivity index (χ4v) is 2.07. The minimum atomic E-state index is -1.04. The first kappa shape index (κ1) is 14.6. The minimum absolute atomic E-state index is 0.138. The van der Waals surface area contributed by atoms with Crippen LogP contribution in [0.4, 0.5) is 0 Å². The van der Waals surface area contributed by atoms with Gasteiger partial charge >= 0.3 is 0 Å². The van der Waals surface area contributed by atoms with Crippen molar-refractivity contribution in [2.75, 3.05) is 6.54 Å². The van der Waals surface area contributed by atoms with Crippen LogP contribution >= 0.6 is 11.6 Å². The Kier molecular flexibility index (Phi) is 4.76. The molecule has 2 rings (SSSR count). The predicted molar refractivity (Wildman–Crippen MR) is 76.3 cm³/mol. The third kappa shape index (κ3) is 3.37. The standard InChI is InChI=1S/C13H13ClN4O2/c14-12-4-2-8-7-9(1-3-10(8)17-12)13(20)11(19)5-6-16-18-15/h1-4,7,11,13,19-20H,5-6H2. The van der Waals surface area contributed by atoms with Gasteiger partial charge < -0.3 is 10.2 Å². The molecular formula is C13H13ClN4O2. The van der Waals surface area contributed by atoms with Crippen molar-refractivity contribution in [2.45, 2.75) is 18.6 Å². The van der Waals surface area contributed by atoms with E-state index in [9.17, 15) is 10.2 Å². The average molecular weight is 293 g/mol. The van der Waals surface area contributed by atoms with E-state index < -0.39 is 12.2 Å². The molecule has 20 heavy (non-hydrogen) atoms. The molecule has 0 saturated carbocycles. The lowest BCUT2D eigenvalue weighted by Crippen LogP contribution is -2.19. The fraction of sp³-hybridized carbons (Fsp3) is 0.308. The average Bonchev–Trinajstić information content (AvgIpc) is 2.46. The summed E-state index contributed by atoms with van der Waals surface area (Å²) in [7, 11) is 0. The molecule has 0 radical (unpaired) electrons. The molecular weight excluding hydrogens is 280 g/mol. The van der Waals surface area contributed by atoms with Gasteiger partial charge in [0, 0.05) is 16.8 Å². The van der Waals surface area contributed by atoms with Gasteiger partial charge in [-0.1, -0.05) is 22.8 Å². The van der Waals surface area contributed by atoms with Crippen LogP contribution in [0.5, 0.6) is 0 Å². The highest BCUT2D eigenvalue weighted by atomic mass is 35.5. The Labute approximate surface area is 120 Å². The van der Waals surface area contributed by atoms with Crippen molar-refractivity contribution < 1.29 is 10.2 Å². The van der Waals surface area contributed by atoms with E-state index in [0.29, 0.717) is 10.7 Å². The lowest BCUT2D eigenvalue weighted by molar-refractivity contribution is 0.0151. The van der Waals surface area contributed by atoms with Gasteiger partial charge in [-0.2, -0.15) is 0 Å². The number of pyridine rings is 1. The van der Waals surface area contributed by atoms with Crippen molar-refractivity contribution in [1.82, 2.24) is 4.98 Å². The van der Waals surface area contributed by atoms with Gasteiger partial charge in [-0.3, -0.25) is 0 Å². The molecule has 2 N–H and O–H groups in total. The molecule has 1 aromatic heterocycles. The molecule has 6 nitrogen and oxygen atoms in total. The summed E-state index contributed by atoms with van der Waals surface area (Å²) < 4.78 is 0. The summed E-state index contributed by atoms with van der Waals surface area (Å²) in [5.41, 5.74) is 9.47. The van der Waals surface area contributed by atoms with Crippen LogP contribution in [0.3, 0.4) is 0 Å². The summed E-state index contributed by atoms with van der Waals surface area (Å²) in [5.74, 6) is 0. The van der Waals surface area contributed by atoms with Gasteiger partial charge in [0.05, 0.1) is 11.6 Å². The molecule has 0 saturated heterocycles. The zero-order chi connectivity index (χ0) is 14.5. The second kappa shape index (κ2) is 6.54. The Morgan fingerprint density at radius 1 is 1.30 bits per heavy atom. The van der Waals surface area contributed by atoms with Crippen molar-refractivity contribution in [3.05, 3.63) is 51.5 Å². The molecule has 7 heteroatoms. The molecule has 0 aliphatic heterocycles. The normalized spacial score (nSPS) is 13.8. The van der Waals surface area contributed by atoms with Crippen LogP contribution in [0, 0.1) is 0 Å².